The first-order chi connectivity index (χ1) is 10.0. The number of benzene rings is 2. The molecule has 2 aromatic rings. The van der Waals surface area contributed by atoms with Gasteiger partial charge in [-0.2, -0.15) is 0 Å². The maximum Gasteiger partial charge on any atom is 0.200 e. The molecule has 2 rings (SSSR count). The second-order valence-corrected chi connectivity index (χ2v) is 5.54. The minimum absolute atomic E-state index is 0.0141. The molecule has 0 amide bonds. The number of aryl methyl sites for hydroxylation is 1. The van der Waals surface area contributed by atoms with Gasteiger partial charge in [-0.15, -0.1) is 0 Å². The molecule has 2 aromatic carbocycles. The molecule has 0 aliphatic carbocycles. The molecule has 21 heavy (non-hydrogen) atoms. The van der Waals surface area contributed by atoms with Crippen LogP contribution in [0.3, 0.4) is 0 Å². The van der Waals surface area contributed by atoms with Crippen LogP contribution in [0.2, 0.25) is 0 Å². The van der Waals surface area contributed by atoms with Gasteiger partial charge in [0.1, 0.15) is 0 Å². The summed E-state index contributed by atoms with van der Waals surface area (Å²) < 4.78 is 11.3. The average molecular weight is 352 g/mol. The van der Waals surface area contributed by atoms with E-state index >= 15 is 0 Å². The maximum absolute atomic E-state index is 9.90. The zero-order valence-corrected chi connectivity index (χ0v) is 13.8. The summed E-state index contributed by atoms with van der Waals surface area (Å²) in [7, 11) is 3.03. The number of aromatic hydroxyl groups is 1. The second-order valence-electron chi connectivity index (χ2n) is 4.69. The minimum Gasteiger partial charge on any atom is -0.502 e. The van der Waals surface area contributed by atoms with Crippen LogP contribution in [-0.4, -0.2) is 19.3 Å². The third-order valence-corrected chi connectivity index (χ3v) is 3.80. The number of phenols is 1. The van der Waals surface area contributed by atoms with Crippen LogP contribution < -0.4 is 14.8 Å². The first-order valence-electron chi connectivity index (χ1n) is 6.49. The lowest BCUT2D eigenvalue weighted by Crippen LogP contribution is -2.01. The summed E-state index contributed by atoms with van der Waals surface area (Å²) in [6.45, 7) is 2.64. The third-order valence-electron chi connectivity index (χ3n) is 3.15. The van der Waals surface area contributed by atoms with Gasteiger partial charge < -0.3 is 19.9 Å². The van der Waals surface area contributed by atoms with Gasteiger partial charge in [0.05, 0.1) is 14.2 Å². The van der Waals surface area contributed by atoms with Crippen molar-refractivity contribution in [2.75, 3.05) is 19.5 Å². The molecule has 0 spiro atoms. The van der Waals surface area contributed by atoms with Gasteiger partial charge in [0, 0.05) is 16.7 Å². The Morgan fingerprint density at radius 3 is 2.24 bits per heavy atom. The molecule has 4 nitrogen and oxygen atoms in total. The monoisotopic (exact) mass is 351 g/mol. The summed E-state index contributed by atoms with van der Waals surface area (Å²) >= 11 is 3.54. The Kier molecular flexibility index (Phi) is 4.96. The SMILES string of the molecule is COc1cc(CNc2ccc(C)cc2Br)cc(OC)c1O. The largest absolute Gasteiger partial charge is 0.502 e. The predicted octanol–water partition coefficient (Wildman–Crippen LogP) is 4.09. The van der Waals surface area contributed by atoms with Crippen LogP contribution in [0.1, 0.15) is 11.1 Å². The van der Waals surface area contributed by atoms with E-state index in [-0.39, 0.29) is 5.75 Å². The van der Waals surface area contributed by atoms with Crippen LogP contribution in [0.5, 0.6) is 17.2 Å². The summed E-state index contributed by atoms with van der Waals surface area (Å²) in [5.41, 5.74) is 3.15. The molecule has 112 valence electrons. The molecule has 0 aliphatic heterocycles. The third kappa shape index (κ3) is 3.61. The van der Waals surface area contributed by atoms with Gasteiger partial charge in [-0.25, -0.2) is 0 Å². The molecule has 5 heteroatoms. The first kappa shape index (κ1) is 15.5. The van der Waals surface area contributed by atoms with E-state index in [1.165, 1.54) is 19.8 Å². The van der Waals surface area contributed by atoms with Crippen LogP contribution in [0, 0.1) is 6.92 Å². The van der Waals surface area contributed by atoms with E-state index in [4.69, 9.17) is 9.47 Å². The fourth-order valence-electron chi connectivity index (χ4n) is 2.01. The topological polar surface area (TPSA) is 50.7 Å². The zero-order valence-electron chi connectivity index (χ0n) is 12.2. The van der Waals surface area contributed by atoms with Crippen LogP contribution in [0.15, 0.2) is 34.8 Å². The van der Waals surface area contributed by atoms with E-state index in [1.54, 1.807) is 12.1 Å². The Labute approximate surface area is 132 Å². The van der Waals surface area contributed by atoms with Gasteiger partial charge in [-0.05, 0) is 58.2 Å². The summed E-state index contributed by atoms with van der Waals surface area (Å²) in [4.78, 5) is 0. The zero-order chi connectivity index (χ0) is 15.4. The lowest BCUT2D eigenvalue weighted by atomic mass is 10.1. The number of hydrogen-bond acceptors (Lipinski definition) is 4. The second kappa shape index (κ2) is 6.72. The lowest BCUT2D eigenvalue weighted by molar-refractivity contribution is 0.339. The Morgan fingerprint density at radius 1 is 1.10 bits per heavy atom. The van der Waals surface area contributed by atoms with E-state index < -0.39 is 0 Å². The molecular formula is C16H18BrNO3. The normalized spacial score (nSPS) is 10.3. The molecule has 0 heterocycles. The van der Waals surface area contributed by atoms with Gasteiger partial charge >= 0.3 is 0 Å². The quantitative estimate of drug-likeness (QED) is 0.851. The standard InChI is InChI=1S/C16H18BrNO3/c1-10-4-5-13(12(17)6-10)18-9-11-7-14(20-2)16(19)15(8-11)21-3/h4-8,18-19H,9H2,1-3H3. The highest BCUT2D eigenvalue weighted by atomic mass is 79.9. The highest BCUT2D eigenvalue weighted by Gasteiger charge is 2.11. The summed E-state index contributed by atoms with van der Waals surface area (Å²) in [6, 6.07) is 9.69. The molecule has 0 saturated carbocycles. The number of halogens is 1. The fraction of sp³-hybridized carbons (Fsp3) is 0.250. The molecule has 0 unspecified atom stereocenters. The highest BCUT2D eigenvalue weighted by Crippen LogP contribution is 2.37. The van der Waals surface area contributed by atoms with Crippen LogP contribution in [0.25, 0.3) is 0 Å². The summed E-state index contributed by atoms with van der Waals surface area (Å²) in [6.07, 6.45) is 0. The van der Waals surface area contributed by atoms with Gasteiger partial charge in [0.15, 0.2) is 11.5 Å². The van der Waals surface area contributed by atoms with Crippen molar-refractivity contribution in [3.05, 3.63) is 45.9 Å². The molecule has 0 aromatic heterocycles. The van der Waals surface area contributed by atoms with Crippen molar-refractivity contribution in [1.29, 1.82) is 0 Å². The van der Waals surface area contributed by atoms with Crippen LogP contribution in [-0.2, 0) is 6.54 Å². The highest BCUT2D eigenvalue weighted by molar-refractivity contribution is 9.10. The van der Waals surface area contributed by atoms with Crippen molar-refractivity contribution in [2.24, 2.45) is 0 Å². The Morgan fingerprint density at radius 2 is 1.71 bits per heavy atom. The molecule has 0 saturated heterocycles. The van der Waals surface area contributed by atoms with Crippen molar-refractivity contribution in [3.8, 4) is 17.2 Å². The molecule has 0 bridgehead atoms. The number of anilines is 1. The van der Waals surface area contributed by atoms with Gasteiger partial charge in [-0.1, -0.05) is 6.07 Å². The maximum atomic E-state index is 9.90. The molecule has 0 atom stereocenters. The first-order valence-corrected chi connectivity index (χ1v) is 7.28. The van der Waals surface area contributed by atoms with Crippen molar-refractivity contribution in [1.82, 2.24) is 0 Å². The average Bonchev–Trinajstić information content (AvgIpc) is 2.47. The van der Waals surface area contributed by atoms with E-state index in [2.05, 4.69) is 27.3 Å². The molecule has 0 radical (unpaired) electrons. The van der Waals surface area contributed by atoms with Crippen molar-refractivity contribution in [3.63, 3.8) is 0 Å². The number of hydrogen-bond donors (Lipinski definition) is 2. The Bertz CT molecular complexity index is 618. The molecular weight excluding hydrogens is 334 g/mol. The van der Waals surface area contributed by atoms with E-state index in [9.17, 15) is 5.11 Å². The molecule has 0 aliphatic rings. The number of methoxy groups -OCH3 is 2. The van der Waals surface area contributed by atoms with Gasteiger partial charge in [-0.3, -0.25) is 0 Å². The van der Waals surface area contributed by atoms with E-state index in [0.717, 1.165) is 15.7 Å². The number of phenolic OH excluding ortho intramolecular Hbond substituents is 1. The van der Waals surface area contributed by atoms with Crippen molar-refractivity contribution in [2.45, 2.75) is 13.5 Å². The predicted molar refractivity (Wildman–Crippen MR) is 87.4 cm³/mol. The number of rotatable bonds is 5. The van der Waals surface area contributed by atoms with Gasteiger partial charge in [0.2, 0.25) is 5.75 Å². The van der Waals surface area contributed by atoms with Crippen molar-refractivity contribution < 1.29 is 14.6 Å². The molecule has 2 N–H and O–H groups in total. The number of nitrogens with one attached hydrogen (secondary N) is 1. The van der Waals surface area contributed by atoms with E-state index in [1.807, 2.05) is 19.1 Å². The minimum atomic E-state index is 0.0141. The van der Waals surface area contributed by atoms with Crippen LogP contribution >= 0.6 is 15.9 Å². The summed E-state index contributed by atoms with van der Waals surface area (Å²) in [5.74, 6) is 0.809. The van der Waals surface area contributed by atoms with E-state index in [0.29, 0.717) is 18.0 Å². The van der Waals surface area contributed by atoms with Crippen LogP contribution in [0.4, 0.5) is 5.69 Å². The fourth-order valence-corrected chi connectivity index (χ4v) is 2.64. The Balaban J connectivity index is 2.19. The lowest BCUT2D eigenvalue weighted by Gasteiger charge is -2.13. The molecule has 0 fully saturated rings. The van der Waals surface area contributed by atoms with Crippen molar-refractivity contribution >= 4 is 21.6 Å². The van der Waals surface area contributed by atoms with Gasteiger partial charge in [0.25, 0.3) is 0 Å². The summed E-state index contributed by atoms with van der Waals surface area (Å²) in [5, 5.41) is 13.2. The smallest absolute Gasteiger partial charge is 0.200 e. The number of ether oxygens (including phenoxy) is 2. The Hall–Kier alpha value is -1.88.